The third-order valence-corrected chi connectivity index (χ3v) is 2.97. The molecule has 2 heterocycles. The van der Waals surface area contributed by atoms with Gasteiger partial charge in [-0.3, -0.25) is 9.36 Å². The van der Waals surface area contributed by atoms with E-state index in [1.165, 1.54) is 22.9 Å². The topological polar surface area (TPSA) is 97.1 Å². The summed E-state index contributed by atoms with van der Waals surface area (Å²) in [6, 6.07) is 4.72. The van der Waals surface area contributed by atoms with E-state index in [9.17, 15) is 14.7 Å². The van der Waals surface area contributed by atoms with E-state index in [0.717, 1.165) is 5.69 Å². The zero-order valence-corrected chi connectivity index (χ0v) is 11.8. The number of aryl methyl sites for hydroxylation is 2. The number of pyridine rings is 1. The van der Waals surface area contributed by atoms with Gasteiger partial charge >= 0.3 is 5.69 Å². The molecule has 7 nitrogen and oxygen atoms in total. The number of aromatic hydroxyl groups is 1. The molecule has 2 rings (SSSR count). The lowest BCUT2D eigenvalue weighted by Crippen LogP contribution is -2.33. The number of carbonyl (C=O) groups excluding carboxylic acids is 1. The fourth-order valence-electron chi connectivity index (χ4n) is 1.98. The summed E-state index contributed by atoms with van der Waals surface area (Å²) in [5.74, 6) is -0.667. The van der Waals surface area contributed by atoms with Gasteiger partial charge in [0.2, 0.25) is 0 Å². The Kier molecular flexibility index (Phi) is 4.32. The first-order chi connectivity index (χ1) is 9.99. The monoisotopic (exact) mass is 288 g/mol. The van der Waals surface area contributed by atoms with Crippen molar-refractivity contribution in [1.29, 1.82) is 0 Å². The predicted molar refractivity (Wildman–Crippen MR) is 76.2 cm³/mol. The molecule has 2 aromatic rings. The number of nitrogens with zero attached hydrogens (tertiary/aromatic N) is 3. The molecule has 0 saturated carbocycles. The van der Waals surface area contributed by atoms with Crippen molar-refractivity contribution in [1.82, 2.24) is 19.9 Å². The van der Waals surface area contributed by atoms with E-state index in [1.54, 1.807) is 13.0 Å². The summed E-state index contributed by atoms with van der Waals surface area (Å²) >= 11 is 0. The average Bonchev–Trinajstić information content (AvgIpc) is 2.42. The quantitative estimate of drug-likeness (QED) is 0.848. The molecule has 0 radical (unpaired) electrons. The van der Waals surface area contributed by atoms with Crippen molar-refractivity contribution in [2.24, 2.45) is 0 Å². The molecule has 0 spiro atoms. The van der Waals surface area contributed by atoms with Crippen LogP contribution in [0.2, 0.25) is 0 Å². The van der Waals surface area contributed by atoms with E-state index in [-0.39, 0.29) is 23.7 Å². The van der Waals surface area contributed by atoms with Crippen molar-refractivity contribution in [2.45, 2.75) is 20.4 Å². The lowest BCUT2D eigenvalue weighted by Gasteiger charge is -2.10. The third kappa shape index (κ3) is 3.44. The summed E-state index contributed by atoms with van der Waals surface area (Å²) < 4.78 is 1.48. The van der Waals surface area contributed by atoms with Crippen LogP contribution in [0.25, 0.3) is 0 Å². The number of hydrogen-bond acceptors (Lipinski definition) is 5. The summed E-state index contributed by atoms with van der Waals surface area (Å²) in [6.07, 6.45) is 1.42. The predicted octanol–water partition coefficient (Wildman–Crippen LogP) is 0.391. The summed E-state index contributed by atoms with van der Waals surface area (Å²) in [6.45, 7) is 4.10. The number of rotatable bonds is 4. The SMILES string of the molecule is Cc1cc(C)n(CCNC(=O)c2ncccc2O)c(=O)n1. The molecule has 0 aromatic carbocycles. The van der Waals surface area contributed by atoms with Crippen molar-refractivity contribution >= 4 is 5.91 Å². The first kappa shape index (κ1) is 14.7. The van der Waals surface area contributed by atoms with Gasteiger partial charge in [0.15, 0.2) is 5.69 Å². The molecule has 0 bridgehead atoms. The number of aromatic nitrogens is 3. The maximum absolute atomic E-state index is 11.8. The van der Waals surface area contributed by atoms with Gasteiger partial charge < -0.3 is 10.4 Å². The van der Waals surface area contributed by atoms with Crippen molar-refractivity contribution in [3.8, 4) is 5.75 Å². The van der Waals surface area contributed by atoms with Crippen LogP contribution >= 0.6 is 0 Å². The van der Waals surface area contributed by atoms with Crippen LogP contribution in [0.15, 0.2) is 29.2 Å². The van der Waals surface area contributed by atoms with Crippen molar-refractivity contribution in [2.75, 3.05) is 6.54 Å². The van der Waals surface area contributed by atoms with Gasteiger partial charge in [0.25, 0.3) is 5.91 Å². The highest BCUT2D eigenvalue weighted by molar-refractivity contribution is 5.94. The van der Waals surface area contributed by atoms with Gasteiger partial charge in [0, 0.05) is 30.7 Å². The molecule has 0 aliphatic rings. The largest absolute Gasteiger partial charge is 0.505 e. The van der Waals surface area contributed by atoms with Gasteiger partial charge in [0.1, 0.15) is 5.75 Å². The van der Waals surface area contributed by atoms with Crippen LogP contribution in [-0.4, -0.2) is 32.1 Å². The van der Waals surface area contributed by atoms with Gasteiger partial charge in [-0.2, -0.15) is 4.98 Å². The first-order valence-electron chi connectivity index (χ1n) is 6.46. The molecule has 21 heavy (non-hydrogen) atoms. The van der Waals surface area contributed by atoms with Crippen LogP contribution < -0.4 is 11.0 Å². The second-order valence-electron chi connectivity index (χ2n) is 4.60. The molecule has 7 heteroatoms. The van der Waals surface area contributed by atoms with Crippen LogP contribution in [0.5, 0.6) is 5.75 Å². The maximum Gasteiger partial charge on any atom is 0.348 e. The Labute approximate surface area is 121 Å². The molecule has 1 amide bonds. The van der Waals surface area contributed by atoms with Crippen LogP contribution in [0, 0.1) is 13.8 Å². The van der Waals surface area contributed by atoms with E-state index >= 15 is 0 Å². The van der Waals surface area contributed by atoms with E-state index in [2.05, 4.69) is 15.3 Å². The van der Waals surface area contributed by atoms with Crippen LogP contribution in [0.3, 0.4) is 0 Å². The Balaban J connectivity index is 2.01. The highest BCUT2D eigenvalue weighted by Crippen LogP contribution is 2.11. The molecule has 2 N–H and O–H groups in total. The van der Waals surface area contributed by atoms with Crippen LogP contribution in [0.1, 0.15) is 21.9 Å². The second-order valence-corrected chi connectivity index (χ2v) is 4.60. The summed E-state index contributed by atoms with van der Waals surface area (Å²) in [7, 11) is 0. The summed E-state index contributed by atoms with van der Waals surface area (Å²) in [5, 5.41) is 12.1. The molecule has 0 saturated heterocycles. The Hall–Kier alpha value is -2.70. The van der Waals surface area contributed by atoms with Gasteiger partial charge in [-0.25, -0.2) is 9.78 Å². The zero-order chi connectivity index (χ0) is 15.4. The van der Waals surface area contributed by atoms with Gasteiger partial charge in [-0.15, -0.1) is 0 Å². The van der Waals surface area contributed by atoms with Crippen LogP contribution in [-0.2, 0) is 6.54 Å². The second kappa shape index (κ2) is 6.17. The van der Waals surface area contributed by atoms with Gasteiger partial charge in [0.05, 0.1) is 0 Å². The number of carbonyl (C=O) groups is 1. The number of nitrogens with one attached hydrogen (secondary N) is 1. The van der Waals surface area contributed by atoms with E-state index in [0.29, 0.717) is 12.2 Å². The van der Waals surface area contributed by atoms with Crippen LogP contribution in [0.4, 0.5) is 0 Å². The molecular weight excluding hydrogens is 272 g/mol. The third-order valence-electron chi connectivity index (χ3n) is 2.97. The number of amides is 1. The number of hydrogen-bond donors (Lipinski definition) is 2. The molecule has 0 unspecified atom stereocenters. The minimum absolute atomic E-state index is 0.0383. The van der Waals surface area contributed by atoms with Crippen molar-refractivity contribution in [3.63, 3.8) is 0 Å². The first-order valence-corrected chi connectivity index (χ1v) is 6.46. The van der Waals surface area contributed by atoms with Crippen molar-refractivity contribution < 1.29 is 9.90 Å². The molecule has 0 aliphatic carbocycles. The Bertz CT molecular complexity index is 724. The Morgan fingerprint density at radius 2 is 2.19 bits per heavy atom. The van der Waals surface area contributed by atoms with E-state index in [1.807, 2.05) is 6.92 Å². The van der Waals surface area contributed by atoms with Gasteiger partial charge in [-0.1, -0.05) is 0 Å². The lowest BCUT2D eigenvalue weighted by atomic mass is 10.3. The molecule has 0 atom stereocenters. The van der Waals surface area contributed by atoms with E-state index < -0.39 is 5.91 Å². The minimum Gasteiger partial charge on any atom is -0.505 e. The average molecular weight is 288 g/mol. The summed E-state index contributed by atoms with van der Waals surface area (Å²) in [5.41, 5.74) is 1.06. The molecular formula is C14H16N4O3. The molecule has 0 fully saturated rings. The smallest absolute Gasteiger partial charge is 0.348 e. The normalized spacial score (nSPS) is 10.4. The fraction of sp³-hybridized carbons (Fsp3) is 0.286. The summed E-state index contributed by atoms with van der Waals surface area (Å²) in [4.78, 5) is 31.2. The molecule has 110 valence electrons. The Morgan fingerprint density at radius 1 is 1.43 bits per heavy atom. The van der Waals surface area contributed by atoms with Gasteiger partial charge in [-0.05, 0) is 32.0 Å². The zero-order valence-electron chi connectivity index (χ0n) is 11.8. The molecule has 2 aromatic heterocycles. The standard InChI is InChI=1S/C14H16N4O3/c1-9-8-10(2)18(14(21)17-9)7-6-16-13(20)12-11(19)4-3-5-15-12/h3-5,8,19H,6-7H2,1-2H3,(H,16,20). The minimum atomic E-state index is -0.487. The van der Waals surface area contributed by atoms with E-state index in [4.69, 9.17) is 0 Å². The lowest BCUT2D eigenvalue weighted by molar-refractivity contribution is 0.0944. The fourth-order valence-corrected chi connectivity index (χ4v) is 1.98. The maximum atomic E-state index is 11.8. The Morgan fingerprint density at radius 3 is 2.86 bits per heavy atom. The highest BCUT2D eigenvalue weighted by Gasteiger charge is 2.11. The highest BCUT2D eigenvalue weighted by atomic mass is 16.3. The molecule has 0 aliphatic heterocycles. The van der Waals surface area contributed by atoms with Crippen molar-refractivity contribution in [3.05, 3.63) is 52.0 Å².